The molecule has 0 aliphatic heterocycles. The Balaban J connectivity index is 1.74. The van der Waals surface area contributed by atoms with Gasteiger partial charge in [-0.05, 0) is 55.3 Å². The fourth-order valence-electron chi connectivity index (χ4n) is 6.75. The number of Topliss-reactive ketones (excluding diaryl/α,β-unsaturated/α-hetero) is 1. The van der Waals surface area contributed by atoms with E-state index < -0.39 is 12.7 Å². The molecule has 0 saturated heterocycles. The molecular weight excluding hydrogens is 316 g/mol. The molecule has 4 rings (SSSR count). The molecule has 7 atom stereocenters. The Morgan fingerprint density at radius 2 is 1.96 bits per heavy atom. The molecule has 0 unspecified atom stereocenters. The van der Waals surface area contributed by atoms with E-state index in [1.54, 1.807) is 0 Å². The molecule has 4 heteroatoms. The number of hydrogen-bond acceptors (Lipinski definition) is 4. The Hall–Kier alpha value is -0.970. The van der Waals surface area contributed by atoms with Gasteiger partial charge in [-0.15, -0.1) is 0 Å². The van der Waals surface area contributed by atoms with E-state index in [0.717, 1.165) is 25.7 Å². The van der Waals surface area contributed by atoms with Crippen molar-refractivity contribution in [2.75, 3.05) is 6.61 Å². The SMILES string of the molecule is C[C@]12C[C@H](O)[C@@H]3C(=CC=C4C[C@@H](O)CC[C@]43C)[C@@H]1CC[C@@H]2C(=O)CO. The molecule has 0 radical (unpaired) electrons. The Kier molecular flexibility index (Phi) is 4.02. The highest BCUT2D eigenvalue weighted by Gasteiger charge is 2.60. The fraction of sp³-hybridized carbons (Fsp3) is 0.762. The third-order valence-electron chi connectivity index (χ3n) is 8.03. The molecule has 0 heterocycles. The minimum absolute atomic E-state index is 0.0738. The van der Waals surface area contributed by atoms with E-state index in [9.17, 15) is 20.1 Å². The highest BCUT2D eigenvalue weighted by Crippen LogP contribution is 2.64. The topological polar surface area (TPSA) is 77.8 Å². The molecule has 0 aromatic rings. The molecule has 0 spiro atoms. The maximum absolute atomic E-state index is 12.3. The Bertz CT molecular complexity index is 650. The van der Waals surface area contributed by atoms with Crippen LogP contribution in [-0.2, 0) is 4.79 Å². The number of aliphatic hydroxyl groups is 3. The molecule has 0 aromatic heterocycles. The van der Waals surface area contributed by atoms with Crippen LogP contribution in [0.2, 0.25) is 0 Å². The number of carbonyl (C=O) groups is 1. The third-order valence-corrected chi connectivity index (χ3v) is 8.03. The largest absolute Gasteiger partial charge is 0.393 e. The molecule has 138 valence electrons. The van der Waals surface area contributed by atoms with Gasteiger partial charge >= 0.3 is 0 Å². The minimum atomic E-state index is -0.469. The first-order chi connectivity index (χ1) is 11.8. The van der Waals surface area contributed by atoms with E-state index >= 15 is 0 Å². The van der Waals surface area contributed by atoms with Gasteiger partial charge in [0, 0.05) is 11.8 Å². The van der Waals surface area contributed by atoms with Crippen molar-refractivity contribution >= 4 is 5.78 Å². The van der Waals surface area contributed by atoms with Gasteiger partial charge in [-0.2, -0.15) is 0 Å². The number of fused-ring (bicyclic) bond motifs is 5. The van der Waals surface area contributed by atoms with Gasteiger partial charge in [0.2, 0.25) is 0 Å². The molecule has 4 aliphatic carbocycles. The molecule has 3 N–H and O–H groups in total. The summed E-state index contributed by atoms with van der Waals surface area (Å²) in [6.45, 7) is 3.99. The Morgan fingerprint density at radius 3 is 2.68 bits per heavy atom. The predicted molar refractivity (Wildman–Crippen MR) is 94.7 cm³/mol. The summed E-state index contributed by atoms with van der Waals surface area (Å²) in [5.74, 6) is 0.185. The van der Waals surface area contributed by atoms with Gasteiger partial charge in [-0.1, -0.05) is 37.1 Å². The number of hydrogen-bond donors (Lipinski definition) is 3. The van der Waals surface area contributed by atoms with Crippen molar-refractivity contribution in [3.05, 3.63) is 23.3 Å². The minimum Gasteiger partial charge on any atom is -0.393 e. The average Bonchev–Trinajstić information content (AvgIpc) is 2.91. The van der Waals surface area contributed by atoms with E-state index in [4.69, 9.17) is 0 Å². The van der Waals surface area contributed by atoms with E-state index in [-0.39, 0.29) is 34.6 Å². The fourth-order valence-corrected chi connectivity index (χ4v) is 6.75. The highest BCUT2D eigenvalue weighted by atomic mass is 16.3. The first kappa shape index (κ1) is 17.4. The summed E-state index contributed by atoms with van der Waals surface area (Å²) in [6, 6.07) is 0. The van der Waals surface area contributed by atoms with Crippen molar-refractivity contribution in [3.8, 4) is 0 Å². The van der Waals surface area contributed by atoms with Crippen LogP contribution in [0.5, 0.6) is 0 Å². The summed E-state index contributed by atoms with van der Waals surface area (Å²) < 4.78 is 0. The van der Waals surface area contributed by atoms with Crippen molar-refractivity contribution in [2.45, 2.75) is 64.6 Å². The summed E-state index contributed by atoms with van der Waals surface area (Å²) in [6.07, 6.45) is 8.41. The molecular formula is C21H30O4. The van der Waals surface area contributed by atoms with Gasteiger partial charge in [-0.25, -0.2) is 0 Å². The summed E-state index contributed by atoms with van der Waals surface area (Å²) in [5.41, 5.74) is 2.24. The standard InChI is InChI=1S/C21H30O4/c1-20-8-7-13(23)9-12(20)3-4-14-15-5-6-16(18(25)11-22)21(15,2)10-17(24)19(14)20/h3-4,13,15-17,19,22-24H,5-11H2,1-2H3/t13-,15-,16+,17-,19-,20+,21-/m0/s1. The second-order valence-corrected chi connectivity index (χ2v) is 9.23. The van der Waals surface area contributed by atoms with Gasteiger partial charge in [0.25, 0.3) is 0 Å². The van der Waals surface area contributed by atoms with Gasteiger partial charge in [0.15, 0.2) is 5.78 Å². The second-order valence-electron chi connectivity index (χ2n) is 9.23. The number of aliphatic hydroxyl groups excluding tert-OH is 3. The number of ketones is 1. The van der Waals surface area contributed by atoms with E-state index in [2.05, 4.69) is 26.0 Å². The number of allylic oxidation sites excluding steroid dienone is 2. The third kappa shape index (κ3) is 2.34. The molecule has 3 saturated carbocycles. The Morgan fingerprint density at radius 1 is 1.20 bits per heavy atom. The van der Waals surface area contributed by atoms with Gasteiger partial charge in [0.1, 0.15) is 6.61 Å². The maximum Gasteiger partial charge on any atom is 0.161 e. The predicted octanol–water partition coefficient (Wildman–Crippen LogP) is 2.38. The zero-order valence-corrected chi connectivity index (χ0v) is 15.2. The molecule has 25 heavy (non-hydrogen) atoms. The molecule has 4 aliphatic rings. The molecule has 4 nitrogen and oxygen atoms in total. The van der Waals surface area contributed by atoms with Gasteiger partial charge < -0.3 is 15.3 Å². The first-order valence-corrected chi connectivity index (χ1v) is 9.72. The lowest BCUT2D eigenvalue weighted by Crippen LogP contribution is -2.53. The monoisotopic (exact) mass is 346 g/mol. The van der Waals surface area contributed by atoms with Crippen LogP contribution in [0.25, 0.3) is 0 Å². The van der Waals surface area contributed by atoms with Crippen LogP contribution in [0.3, 0.4) is 0 Å². The lowest BCUT2D eigenvalue weighted by molar-refractivity contribution is -0.131. The quantitative estimate of drug-likeness (QED) is 0.717. The molecule has 0 amide bonds. The summed E-state index contributed by atoms with van der Waals surface area (Å²) in [4.78, 5) is 12.3. The average molecular weight is 346 g/mol. The molecule has 0 bridgehead atoms. The van der Waals surface area contributed by atoms with Crippen LogP contribution in [0.1, 0.15) is 52.4 Å². The zero-order chi connectivity index (χ0) is 18.0. The van der Waals surface area contributed by atoms with Crippen LogP contribution in [0, 0.1) is 28.6 Å². The van der Waals surface area contributed by atoms with Crippen LogP contribution >= 0.6 is 0 Å². The van der Waals surface area contributed by atoms with Crippen LogP contribution in [0.15, 0.2) is 23.3 Å². The summed E-state index contributed by atoms with van der Waals surface area (Å²) in [5, 5.41) is 30.6. The van der Waals surface area contributed by atoms with E-state index in [0.29, 0.717) is 18.8 Å². The van der Waals surface area contributed by atoms with Crippen molar-refractivity contribution in [2.24, 2.45) is 28.6 Å². The van der Waals surface area contributed by atoms with Gasteiger partial charge in [0.05, 0.1) is 12.2 Å². The smallest absolute Gasteiger partial charge is 0.161 e. The first-order valence-electron chi connectivity index (χ1n) is 9.72. The summed E-state index contributed by atoms with van der Waals surface area (Å²) >= 11 is 0. The number of carbonyl (C=O) groups excluding carboxylic acids is 1. The lowest BCUT2D eigenvalue weighted by atomic mass is 9.49. The number of rotatable bonds is 2. The van der Waals surface area contributed by atoms with Gasteiger partial charge in [-0.3, -0.25) is 4.79 Å². The van der Waals surface area contributed by atoms with E-state index in [1.807, 2.05) is 0 Å². The van der Waals surface area contributed by atoms with E-state index in [1.165, 1.54) is 11.1 Å². The maximum atomic E-state index is 12.3. The van der Waals surface area contributed by atoms with Crippen LogP contribution < -0.4 is 0 Å². The van der Waals surface area contributed by atoms with Crippen molar-refractivity contribution in [1.29, 1.82) is 0 Å². The van der Waals surface area contributed by atoms with Crippen molar-refractivity contribution in [1.82, 2.24) is 0 Å². The second kappa shape index (κ2) is 5.77. The molecule has 3 fully saturated rings. The van der Waals surface area contributed by atoms with Crippen LogP contribution in [0.4, 0.5) is 0 Å². The summed E-state index contributed by atoms with van der Waals surface area (Å²) in [7, 11) is 0. The normalized spacial score (nSPS) is 48.8. The van der Waals surface area contributed by atoms with Crippen LogP contribution in [-0.4, -0.2) is 39.9 Å². The molecule has 0 aromatic carbocycles. The van der Waals surface area contributed by atoms with Crippen molar-refractivity contribution in [3.63, 3.8) is 0 Å². The zero-order valence-electron chi connectivity index (χ0n) is 15.2. The van der Waals surface area contributed by atoms with Crippen molar-refractivity contribution < 1.29 is 20.1 Å². The lowest BCUT2D eigenvalue weighted by Gasteiger charge is -2.56. The highest BCUT2D eigenvalue weighted by molar-refractivity contribution is 5.83. The Labute approximate surface area is 149 Å².